The molecule has 0 bridgehead atoms. The lowest BCUT2D eigenvalue weighted by molar-refractivity contribution is -0.139. The quantitative estimate of drug-likeness (QED) is 0.740. The largest absolute Gasteiger partial charge is 0.481 e. The molecule has 2 aromatic carbocycles. The van der Waals surface area contributed by atoms with Gasteiger partial charge in [0.15, 0.2) is 17.7 Å². The van der Waals surface area contributed by atoms with Gasteiger partial charge in [-0.1, -0.05) is 15.9 Å². The van der Waals surface area contributed by atoms with Crippen LogP contribution in [0.4, 0.5) is 14.5 Å². The van der Waals surface area contributed by atoms with E-state index < -0.39 is 23.6 Å². The van der Waals surface area contributed by atoms with Crippen molar-refractivity contribution in [3.05, 3.63) is 58.1 Å². The number of carbonyl (C=O) groups is 2. The summed E-state index contributed by atoms with van der Waals surface area (Å²) in [5, 5.41) is 2.74. The molecular weight excluding hydrogens is 422 g/mol. The van der Waals surface area contributed by atoms with E-state index in [2.05, 4.69) is 21.2 Å². The molecule has 27 heavy (non-hydrogen) atoms. The van der Waals surface area contributed by atoms with Crippen LogP contribution in [-0.2, 0) is 9.59 Å². The first-order chi connectivity index (χ1) is 12.7. The maximum atomic E-state index is 13.2. The molecule has 0 aliphatic carbocycles. The minimum absolute atomic E-state index is 0.0260. The topological polar surface area (TPSA) is 58.6 Å². The summed E-state index contributed by atoms with van der Waals surface area (Å²) in [6.45, 7) is 3.14. The molecule has 0 aliphatic rings. The fourth-order valence-electron chi connectivity index (χ4n) is 2.37. The summed E-state index contributed by atoms with van der Waals surface area (Å²) >= 11 is 3.35. The fraction of sp³-hybridized carbons (Fsp3) is 0.263. The number of carbonyl (C=O) groups excluding carboxylic acids is 2. The maximum Gasteiger partial charge on any atom is 0.263 e. The van der Waals surface area contributed by atoms with Gasteiger partial charge < -0.3 is 15.0 Å². The molecule has 8 heteroatoms. The Kier molecular flexibility index (Phi) is 6.90. The van der Waals surface area contributed by atoms with Gasteiger partial charge in [-0.25, -0.2) is 8.78 Å². The van der Waals surface area contributed by atoms with E-state index in [0.717, 1.165) is 22.2 Å². The number of hydrogen-bond acceptors (Lipinski definition) is 3. The van der Waals surface area contributed by atoms with Gasteiger partial charge in [-0.3, -0.25) is 9.59 Å². The molecule has 0 fully saturated rings. The highest BCUT2D eigenvalue weighted by Crippen LogP contribution is 2.20. The first-order valence-electron chi connectivity index (χ1n) is 8.10. The third kappa shape index (κ3) is 5.75. The van der Waals surface area contributed by atoms with Crippen molar-refractivity contribution in [2.24, 2.45) is 0 Å². The predicted octanol–water partition coefficient (Wildman–Crippen LogP) is 3.90. The smallest absolute Gasteiger partial charge is 0.263 e. The van der Waals surface area contributed by atoms with Crippen LogP contribution in [0.25, 0.3) is 0 Å². The van der Waals surface area contributed by atoms with E-state index in [1.165, 1.54) is 24.9 Å². The van der Waals surface area contributed by atoms with Crippen LogP contribution in [0.3, 0.4) is 0 Å². The molecule has 144 valence electrons. The highest BCUT2D eigenvalue weighted by molar-refractivity contribution is 9.10. The van der Waals surface area contributed by atoms with E-state index in [9.17, 15) is 18.4 Å². The van der Waals surface area contributed by atoms with E-state index in [1.54, 1.807) is 12.1 Å². The van der Waals surface area contributed by atoms with Crippen molar-refractivity contribution in [3.63, 3.8) is 0 Å². The maximum absolute atomic E-state index is 13.2. The zero-order valence-corrected chi connectivity index (χ0v) is 16.6. The summed E-state index contributed by atoms with van der Waals surface area (Å²) in [5.74, 6) is -2.88. The van der Waals surface area contributed by atoms with E-state index in [1.807, 2.05) is 13.0 Å². The zero-order valence-electron chi connectivity index (χ0n) is 15.1. The summed E-state index contributed by atoms with van der Waals surface area (Å²) in [6.07, 6.45) is -0.970. The monoisotopic (exact) mass is 440 g/mol. The van der Waals surface area contributed by atoms with Crippen molar-refractivity contribution < 1.29 is 23.1 Å². The summed E-state index contributed by atoms with van der Waals surface area (Å²) < 4.78 is 32.4. The van der Waals surface area contributed by atoms with Gasteiger partial charge >= 0.3 is 0 Å². The minimum atomic E-state index is -1.07. The zero-order chi connectivity index (χ0) is 20.1. The Hall–Kier alpha value is -2.48. The average Bonchev–Trinajstić information content (AvgIpc) is 2.59. The molecule has 0 aliphatic heterocycles. The lowest BCUT2D eigenvalue weighted by atomic mass is 10.2. The summed E-state index contributed by atoms with van der Waals surface area (Å²) in [5.41, 5.74) is 1.52. The standard InChI is InChI=1S/C19H19BrF2N2O3/c1-11-8-13(20)4-7-17(11)23-18(25)10-24(3)19(26)12(2)27-14-5-6-15(21)16(22)9-14/h4-9,12H,10H2,1-3H3,(H,23,25). The van der Waals surface area contributed by atoms with Crippen LogP contribution >= 0.6 is 15.9 Å². The number of ether oxygens (including phenoxy) is 1. The molecule has 2 amide bonds. The highest BCUT2D eigenvalue weighted by atomic mass is 79.9. The normalized spacial score (nSPS) is 11.6. The number of hydrogen-bond donors (Lipinski definition) is 1. The lowest BCUT2D eigenvalue weighted by Crippen LogP contribution is -2.42. The number of aryl methyl sites for hydroxylation is 1. The third-order valence-corrected chi connectivity index (χ3v) is 4.26. The van der Waals surface area contributed by atoms with Crippen molar-refractivity contribution in [2.75, 3.05) is 18.9 Å². The Morgan fingerprint density at radius 1 is 1.19 bits per heavy atom. The second-order valence-electron chi connectivity index (χ2n) is 6.04. The Morgan fingerprint density at radius 3 is 2.52 bits per heavy atom. The van der Waals surface area contributed by atoms with Crippen LogP contribution in [0.15, 0.2) is 40.9 Å². The van der Waals surface area contributed by atoms with Crippen molar-refractivity contribution in [1.82, 2.24) is 4.90 Å². The van der Waals surface area contributed by atoms with Gasteiger partial charge in [-0.2, -0.15) is 0 Å². The molecule has 1 N–H and O–H groups in total. The van der Waals surface area contributed by atoms with Gasteiger partial charge in [0.25, 0.3) is 5.91 Å². The third-order valence-electron chi connectivity index (χ3n) is 3.77. The Morgan fingerprint density at radius 2 is 1.89 bits per heavy atom. The number of nitrogens with zero attached hydrogens (tertiary/aromatic N) is 1. The molecule has 0 spiro atoms. The number of benzene rings is 2. The molecule has 0 heterocycles. The lowest BCUT2D eigenvalue weighted by Gasteiger charge is -2.22. The van der Waals surface area contributed by atoms with Gasteiger partial charge in [-0.15, -0.1) is 0 Å². The Labute approximate surface area is 164 Å². The van der Waals surface area contributed by atoms with Gasteiger partial charge in [0.2, 0.25) is 5.91 Å². The summed E-state index contributed by atoms with van der Waals surface area (Å²) in [7, 11) is 1.46. The van der Waals surface area contributed by atoms with Crippen molar-refractivity contribution in [2.45, 2.75) is 20.0 Å². The number of anilines is 1. The van der Waals surface area contributed by atoms with Gasteiger partial charge in [0.05, 0.1) is 6.54 Å². The van der Waals surface area contributed by atoms with E-state index in [4.69, 9.17) is 4.74 Å². The summed E-state index contributed by atoms with van der Waals surface area (Å²) in [4.78, 5) is 25.7. The molecule has 1 unspecified atom stereocenters. The number of likely N-dealkylation sites (N-methyl/N-ethyl adjacent to an activating group) is 1. The predicted molar refractivity (Wildman–Crippen MR) is 102 cm³/mol. The summed E-state index contributed by atoms with van der Waals surface area (Å²) in [6, 6.07) is 8.43. The van der Waals surface area contributed by atoms with Crippen LogP contribution < -0.4 is 10.1 Å². The van der Waals surface area contributed by atoms with Crippen molar-refractivity contribution >= 4 is 33.4 Å². The van der Waals surface area contributed by atoms with Crippen molar-refractivity contribution in [3.8, 4) is 5.75 Å². The number of amides is 2. The van der Waals surface area contributed by atoms with Crippen LogP contribution in [0.5, 0.6) is 5.75 Å². The molecule has 0 radical (unpaired) electrons. The molecule has 2 rings (SSSR count). The fourth-order valence-corrected chi connectivity index (χ4v) is 2.84. The molecule has 0 saturated carbocycles. The van der Waals surface area contributed by atoms with Crippen LogP contribution in [0, 0.1) is 18.6 Å². The number of halogens is 3. The molecule has 5 nitrogen and oxygen atoms in total. The Balaban J connectivity index is 1.93. The van der Waals surface area contributed by atoms with E-state index in [-0.39, 0.29) is 18.2 Å². The second-order valence-corrected chi connectivity index (χ2v) is 6.95. The highest BCUT2D eigenvalue weighted by Gasteiger charge is 2.21. The molecule has 0 saturated heterocycles. The Bertz CT molecular complexity index is 861. The van der Waals surface area contributed by atoms with E-state index in [0.29, 0.717) is 5.69 Å². The molecular formula is C19H19BrF2N2O3. The number of nitrogens with one attached hydrogen (secondary N) is 1. The van der Waals surface area contributed by atoms with Crippen LogP contribution in [0.1, 0.15) is 12.5 Å². The first kappa shape index (κ1) is 20.8. The number of rotatable bonds is 6. The van der Waals surface area contributed by atoms with Crippen LogP contribution in [-0.4, -0.2) is 36.4 Å². The SMILES string of the molecule is Cc1cc(Br)ccc1NC(=O)CN(C)C(=O)C(C)Oc1ccc(F)c(F)c1. The van der Waals surface area contributed by atoms with Gasteiger partial charge in [0, 0.05) is 23.3 Å². The van der Waals surface area contributed by atoms with Crippen molar-refractivity contribution in [1.29, 1.82) is 0 Å². The van der Waals surface area contributed by atoms with Gasteiger partial charge in [-0.05, 0) is 49.7 Å². The molecule has 0 aromatic heterocycles. The minimum Gasteiger partial charge on any atom is -0.481 e. The van der Waals surface area contributed by atoms with Gasteiger partial charge in [0.1, 0.15) is 5.75 Å². The van der Waals surface area contributed by atoms with E-state index >= 15 is 0 Å². The second kappa shape index (κ2) is 8.94. The first-order valence-corrected chi connectivity index (χ1v) is 8.89. The average molecular weight is 441 g/mol. The molecule has 1 atom stereocenters. The van der Waals surface area contributed by atoms with Crippen LogP contribution in [0.2, 0.25) is 0 Å². The molecule has 2 aromatic rings.